The van der Waals surface area contributed by atoms with Crippen LogP contribution < -0.4 is 10.6 Å². The minimum Gasteiger partial charge on any atom is -0.504 e. The van der Waals surface area contributed by atoms with Gasteiger partial charge in [0.15, 0.2) is 36.1 Å². The molecule has 0 aromatic heterocycles. The topological polar surface area (TPSA) is 417 Å². The zero-order valence-corrected chi connectivity index (χ0v) is 29.2. The highest BCUT2D eigenvalue weighted by atomic mass is 16.7. The molecule has 0 spiro atoms. The van der Waals surface area contributed by atoms with Gasteiger partial charge in [0.2, 0.25) is 5.91 Å². The largest absolute Gasteiger partial charge is 0.504 e. The molecule has 4 rings (SSSR count). The number of phenols is 3. The predicted molar refractivity (Wildman–Crippen MR) is 174 cm³/mol. The van der Waals surface area contributed by atoms with Crippen LogP contribution in [-0.4, -0.2) is 232 Å². The summed E-state index contributed by atoms with van der Waals surface area (Å²) in [5.41, 5.74) is -2.66. The Labute approximate surface area is 316 Å². The Hall–Kier alpha value is -3.16. The van der Waals surface area contributed by atoms with Crippen molar-refractivity contribution in [2.75, 3.05) is 46.2 Å². The second kappa shape index (κ2) is 19.5. The van der Waals surface area contributed by atoms with Gasteiger partial charge < -0.3 is 116 Å². The molecule has 0 unspecified atom stereocenters. The van der Waals surface area contributed by atoms with Gasteiger partial charge in [0.05, 0.1) is 46.2 Å². The van der Waals surface area contributed by atoms with Gasteiger partial charge in [0, 0.05) is 5.56 Å². The van der Waals surface area contributed by atoms with E-state index in [9.17, 15) is 86.2 Å². The summed E-state index contributed by atoms with van der Waals surface area (Å²) in [6, 6.07) is 1.53. The molecule has 0 radical (unpaired) electrons. The molecule has 1 aromatic rings. The van der Waals surface area contributed by atoms with Gasteiger partial charge in [0.1, 0.15) is 78.8 Å². The molecule has 3 aliphatic heterocycles. The van der Waals surface area contributed by atoms with E-state index in [4.69, 9.17) is 28.4 Å². The van der Waals surface area contributed by atoms with Crippen LogP contribution in [0.15, 0.2) is 12.1 Å². The van der Waals surface area contributed by atoms with Gasteiger partial charge in [-0.3, -0.25) is 9.59 Å². The van der Waals surface area contributed by atoms with Gasteiger partial charge in [-0.25, -0.2) is 0 Å². The molecule has 17 N–H and O–H groups in total. The minimum absolute atomic E-state index is 0.417. The lowest BCUT2D eigenvalue weighted by molar-refractivity contribution is -0.324. The molecule has 15 atom stereocenters. The lowest BCUT2D eigenvalue weighted by Crippen LogP contribution is -2.66. The average molecular weight is 817 g/mol. The van der Waals surface area contributed by atoms with Crippen LogP contribution in [0.2, 0.25) is 0 Å². The summed E-state index contributed by atoms with van der Waals surface area (Å²) < 4.78 is 33.1. The molecule has 0 bridgehead atoms. The van der Waals surface area contributed by atoms with Crippen LogP contribution >= 0.6 is 0 Å². The van der Waals surface area contributed by atoms with Crippen LogP contribution in [0.5, 0.6) is 17.2 Å². The summed E-state index contributed by atoms with van der Waals surface area (Å²) in [6.07, 6.45) is -27.4. The lowest BCUT2D eigenvalue weighted by atomic mass is 9.98. The molecule has 3 heterocycles. The van der Waals surface area contributed by atoms with Crippen molar-refractivity contribution in [2.24, 2.45) is 0 Å². The number of nitrogens with one attached hydrogen (secondary N) is 2. The van der Waals surface area contributed by atoms with Gasteiger partial charge in [-0.1, -0.05) is 0 Å². The minimum atomic E-state index is -2.24. The molecule has 3 fully saturated rings. The molecule has 0 aliphatic carbocycles. The number of aliphatic hydroxyl groups is 12. The number of aliphatic hydroxyl groups excluding tert-OH is 12. The van der Waals surface area contributed by atoms with Crippen LogP contribution in [0.1, 0.15) is 10.4 Å². The standard InChI is InChI=1S/C31H48N2O23/c34-4-13-18(41)21(44)24(47)28(54-13)51-7-31(8-52-29-25(48)22(45)19(42)14(5-35)55-29,9-53-30-26(49)23(46)20(43)15(6-36)56-30)33-16(39)3-32-27(50)10-1-11(37)17(40)12(38)2-10/h1-2,13-15,18-26,28-30,34-38,40-49H,3-9H2,(H,32,50)(H,33,39)/t13-,14-,15-,18+,19+,20+,21+,22+,23+,24-,25-,26-,28-,29-,30-/m1/s1. The molecule has 320 valence electrons. The van der Waals surface area contributed by atoms with Crippen molar-refractivity contribution < 1.29 is 115 Å². The number of hydrogen-bond donors (Lipinski definition) is 17. The molecular formula is C31H48N2O23. The predicted octanol–water partition coefficient (Wildman–Crippen LogP) is -9.16. The molecule has 3 aliphatic rings. The van der Waals surface area contributed by atoms with Crippen LogP contribution in [0.3, 0.4) is 0 Å². The van der Waals surface area contributed by atoms with Gasteiger partial charge >= 0.3 is 0 Å². The number of rotatable bonds is 16. The Balaban J connectivity index is 1.66. The third-order valence-electron chi connectivity index (χ3n) is 9.26. The van der Waals surface area contributed by atoms with Crippen LogP contribution in [0, 0.1) is 0 Å². The lowest BCUT2D eigenvalue weighted by Gasteiger charge is -2.44. The van der Waals surface area contributed by atoms with Crippen molar-refractivity contribution >= 4 is 11.8 Å². The maximum atomic E-state index is 13.5. The van der Waals surface area contributed by atoms with E-state index in [1.54, 1.807) is 0 Å². The first-order valence-corrected chi connectivity index (χ1v) is 17.0. The molecule has 25 nitrogen and oxygen atoms in total. The number of ether oxygens (including phenoxy) is 6. The van der Waals surface area contributed by atoms with Crippen molar-refractivity contribution in [1.82, 2.24) is 10.6 Å². The third-order valence-corrected chi connectivity index (χ3v) is 9.26. The van der Waals surface area contributed by atoms with Crippen molar-refractivity contribution in [1.29, 1.82) is 0 Å². The van der Waals surface area contributed by atoms with E-state index in [2.05, 4.69) is 10.6 Å². The fourth-order valence-corrected chi connectivity index (χ4v) is 5.91. The van der Waals surface area contributed by atoms with Gasteiger partial charge in [0.25, 0.3) is 5.91 Å². The highest BCUT2D eigenvalue weighted by Crippen LogP contribution is 2.35. The van der Waals surface area contributed by atoms with Gasteiger partial charge in [-0.2, -0.15) is 0 Å². The number of carbonyl (C=O) groups excluding carboxylic acids is 2. The van der Waals surface area contributed by atoms with E-state index in [1.165, 1.54) is 0 Å². The summed E-state index contributed by atoms with van der Waals surface area (Å²) in [5, 5.41) is 156. The van der Waals surface area contributed by atoms with E-state index in [-0.39, 0.29) is 0 Å². The first-order chi connectivity index (χ1) is 26.4. The number of aromatic hydroxyl groups is 3. The average Bonchev–Trinajstić information content (AvgIpc) is 3.18. The first kappa shape index (κ1) is 45.5. The monoisotopic (exact) mass is 816 g/mol. The van der Waals surface area contributed by atoms with Crippen molar-refractivity contribution in [2.45, 2.75) is 97.7 Å². The zero-order chi connectivity index (χ0) is 41.6. The van der Waals surface area contributed by atoms with E-state index < -0.39 is 178 Å². The Kier molecular flexibility index (Phi) is 15.9. The summed E-state index contributed by atoms with van der Waals surface area (Å²) in [4.78, 5) is 26.3. The van der Waals surface area contributed by atoms with Crippen LogP contribution in [-0.2, 0) is 33.2 Å². The second-order valence-corrected chi connectivity index (χ2v) is 13.4. The smallest absolute Gasteiger partial charge is 0.251 e. The van der Waals surface area contributed by atoms with E-state index in [1.807, 2.05) is 0 Å². The maximum absolute atomic E-state index is 13.5. The summed E-state index contributed by atoms with van der Waals surface area (Å²) in [5.74, 6) is -4.87. The highest BCUT2D eigenvalue weighted by Gasteiger charge is 2.49. The Morgan fingerprint density at radius 1 is 0.571 bits per heavy atom. The van der Waals surface area contributed by atoms with Crippen LogP contribution in [0.4, 0.5) is 0 Å². The SMILES string of the molecule is O=C(CNC(=O)c1cc(O)c(O)c(O)c1)NC(CO[C@@H]1O[C@H](CO)[C@H](O)[C@H](O)[C@H]1O)(CO[C@@H]1O[C@H](CO)[C@H](O)[C@H](O)[C@H]1O)CO[C@@H]1O[C@H](CO)[C@H](O)[C@H](O)[C@H]1O. The van der Waals surface area contributed by atoms with E-state index in [0.29, 0.717) is 0 Å². The molecule has 3 saturated heterocycles. The number of carbonyl (C=O) groups is 2. The summed E-state index contributed by atoms with van der Waals surface area (Å²) >= 11 is 0. The number of benzene rings is 1. The summed E-state index contributed by atoms with van der Waals surface area (Å²) in [6.45, 7) is -6.41. The van der Waals surface area contributed by atoms with E-state index >= 15 is 0 Å². The fourth-order valence-electron chi connectivity index (χ4n) is 5.91. The third kappa shape index (κ3) is 10.3. The molecule has 25 heteroatoms. The Morgan fingerprint density at radius 3 is 1.23 bits per heavy atom. The molecular weight excluding hydrogens is 768 g/mol. The Morgan fingerprint density at radius 2 is 0.911 bits per heavy atom. The van der Waals surface area contributed by atoms with E-state index in [0.717, 1.165) is 12.1 Å². The molecule has 1 aromatic carbocycles. The van der Waals surface area contributed by atoms with Crippen molar-refractivity contribution in [3.63, 3.8) is 0 Å². The number of phenolic OH excluding ortho intramolecular Hbond substituents is 3. The molecule has 56 heavy (non-hydrogen) atoms. The maximum Gasteiger partial charge on any atom is 0.251 e. The van der Waals surface area contributed by atoms with Crippen LogP contribution in [0.25, 0.3) is 0 Å². The highest BCUT2D eigenvalue weighted by molar-refractivity contribution is 5.97. The zero-order valence-electron chi connectivity index (χ0n) is 29.2. The van der Waals surface area contributed by atoms with Gasteiger partial charge in [-0.15, -0.1) is 0 Å². The van der Waals surface area contributed by atoms with Crippen molar-refractivity contribution in [3.8, 4) is 17.2 Å². The number of hydrogen-bond acceptors (Lipinski definition) is 23. The molecule has 2 amide bonds. The summed E-state index contributed by atoms with van der Waals surface area (Å²) in [7, 11) is 0. The fraction of sp³-hybridized carbons (Fsp3) is 0.742. The molecule has 0 saturated carbocycles. The normalized spacial score (nSPS) is 36.5. The second-order valence-electron chi connectivity index (χ2n) is 13.4. The Bertz CT molecular complexity index is 1330. The number of amides is 2. The van der Waals surface area contributed by atoms with Crippen molar-refractivity contribution in [3.05, 3.63) is 17.7 Å². The van der Waals surface area contributed by atoms with Gasteiger partial charge in [-0.05, 0) is 12.1 Å². The first-order valence-electron chi connectivity index (χ1n) is 17.0. The quantitative estimate of drug-likeness (QED) is 0.0689.